The fourth-order valence-electron chi connectivity index (χ4n) is 3.24. The van der Waals surface area contributed by atoms with E-state index >= 15 is 0 Å². The standard InChI is InChI=1S/C26H47BrO2/c1-2-3-4-5-6-7-8-9-10-11-12-13-14-15-19-22-25-29-26(28)23-20-17-16-18-21-24-27/h6-7,9-10H,2-5,8,11-25H2,1H3. The van der Waals surface area contributed by atoms with Gasteiger partial charge in [0.1, 0.15) is 0 Å². The number of hydrogen-bond acceptors (Lipinski definition) is 2. The molecule has 0 aromatic carbocycles. The van der Waals surface area contributed by atoms with Crippen molar-refractivity contribution >= 4 is 21.9 Å². The van der Waals surface area contributed by atoms with Crippen LogP contribution in [-0.4, -0.2) is 17.9 Å². The Morgan fingerprint density at radius 1 is 0.690 bits per heavy atom. The largest absolute Gasteiger partial charge is 0.466 e. The van der Waals surface area contributed by atoms with Crippen LogP contribution in [0.4, 0.5) is 0 Å². The second-order valence-corrected chi connectivity index (χ2v) is 8.80. The van der Waals surface area contributed by atoms with Gasteiger partial charge >= 0.3 is 5.97 Å². The molecule has 3 heteroatoms. The van der Waals surface area contributed by atoms with Gasteiger partial charge in [0, 0.05) is 11.8 Å². The van der Waals surface area contributed by atoms with Gasteiger partial charge in [0.2, 0.25) is 0 Å². The van der Waals surface area contributed by atoms with Gasteiger partial charge in [-0.25, -0.2) is 0 Å². The number of halogens is 1. The monoisotopic (exact) mass is 470 g/mol. The summed E-state index contributed by atoms with van der Waals surface area (Å²) in [5.74, 6) is -0.00640. The zero-order chi connectivity index (χ0) is 21.3. The molecule has 0 aliphatic carbocycles. The van der Waals surface area contributed by atoms with Crippen molar-refractivity contribution in [3.63, 3.8) is 0 Å². The summed E-state index contributed by atoms with van der Waals surface area (Å²) in [6.45, 7) is 2.86. The quantitative estimate of drug-likeness (QED) is 0.0681. The Morgan fingerprint density at radius 2 is 1.24 bits per heavy atom. The second-order valence-electron chi connectivity index (χ2n) is 8.01. The van der Waals surface area contributed by atoms with Gasteiger partial charge in [-0.15, -0.1) is 0 Å². The summed E-state index contributed by atoms with van der Waals surface area (Å²) in [7, 11) is 0. The van der Waals surface area contributed by atoms with Crippen molar-refractivity contribution in [3.05, 3.63) is 24.3 Å². The number of allylic oxidation sites excluding steroid dienone is 4. The maximum atomic E-state index is 11.7. The van der Waals surface area contributed by atoms with Crippen LogP contribution < -0.4 is 0 Å². The number of esters is 1. The summed E-state index contributed by atoms with van der Waals surface area (Å²) in [5.41, 5.74) is 0. The molecule has 170 valence electrons. The molecule has 0 aromatic rings. The molecule has 0 spiro atoms. The predicted octanol–water partition coefficient (Wildman–Crippen LogP) is 9.08. The van der Waals surface area contributed by atoms with Crippen molar-refractivity contribution in [2.45, 2.75) is 122 Å². The van der Waals surface area contributed by atoms with Crippen LogP contribution in [0, 0.1) is 0 Å². The molecule has 0 N–H and O–H groups in total. The van der Waals surface area contributed by atoms with Crippen LogP contribution in [0.1, 0.15) is 122 Å². The second kappa shape index (κ2) is 25.5. The molecular weight excluding hydrogens is 424 g/mol. The SMILES string of the molecule is CCCCCC=CCC=CCCCCCCCCOC(=O)CCCCCCCBr. The highest BCUT2D eigenvalue weighted by molar-refractivity contribution is 9.09. The van der Waals surface area contributed by atoms with E-state index in [1.807, 2.05) is 0 Å². The van der Waals surface area contributed by atoms with E-state index in [1.54, 1.807) is 0 Å². The Kier molecular flexibility index (Phi) is 25.0. The summed E-state index contributed by atoms with van der Waals surface area (Å²) in [6, 6.07) is 0. The van der Waals surface area contributed by atoms with Gasteiger partial charge in [0.15, 0.2) is 0 Å². The van der Waals surface area contributed by atoms with E-state index in [0.717, 1.165) is 31.0 Å². The number of alkyl halides is 1. The van der Waals surface area contributed by atoms with Crippen LogP contribution in [0.3, 0.4) is 0 Å². The molecule has 0 saturated heterocycles. The minimum Gasteiger partial charge on any atom is -0.466 e. The van der Waals surface area contributed by atoms with Crippen LogP contribution >= 0.6 is 15.9 Å². The molecule has 0 aliphatic heterocycles. The van der Waals surface area contributed by atoms with Gasteiger partial charge < -0.3 is 4.74 Å². The first kappa shape index (κ1) is 28.4. The average Bonchev–Trinajstić information content (AvgIpc) is 2.73. The third-order valence-electron chi connectivity index (χ3n) is 5.12. The molecule has 0 heterocycles. The number of ether oxygens (including phenoxy) is 1. The third kappa shape index (κ3) is 25.4. The Balaban J connectivity index is 3.23. The number of carbonyl (C=O) groups is 1. The van der Waals surface area contributed by atoms with E-state index in [-0.39, 0.29) is 5.97 Å². The lowest BCUT2D eigenvalue weighted by Crippen LogP contribution is -2.05. The summed E-state index contributed by atoms with van der Waals surface area (Å²) < 4.78 is 5.33. The topological polar surface area (TPSA) is 26.3 Å². The molecule has 0 saturated carbocycles. The van der Waals surface area contributed by atoms with Gasteiger partial charge in [-0.3, -0.25) is 4.79 Å². The molecule has 0 bridgehead atoms. The number of rotatable bonds is 22. The smallest absolute Gasteiger partial charge is 0.305 e. The normalized spacial score (nSPS) is 11.7. The van der Waals surface area contributed by atoms with E-state index in [0.29, 0.717) is 13.0 Å². The number of carbonyl (C=O) groups excluding carboxylic acids is 1. The van der Waals surface area contributed by atoms with Gasteiger partial charge in [-0.2, -0.15) is 0 Å². The van der Waals surface area contributed by atoms with Crippen LogP contribution in [0.15, 0.2) is 24.3 Å². The molecule has 0 fully saturated rings. The van der Waals surface area contributed by atoms with E-state index in [4.69, 9.17) is 4.74 Å². The van der Waals surface area contributed by atoms with E-state index in [1.165, 1.54) is 83.5 Å². The van der Waals surface area contributed by atoms with Gasteiger partial charge in [0.25, 0.3) is 0 Å². The molecule has 0 aromatic heterocycles. The molecule has 0 unspecified atom stereocenters. The minimum absolute atomic E-state index is 0.00640. The Hall–Kier alpha value is -0.570. The number of hydrogen-bond donors (Lipinski definition) is 0. The highest BCUT2D eigenvalue weighted by atomic mass is 79.9. The van der Waals surface area contributed by atoms with Crippen LogP contribution in [0.2, 0.25) is 0 Å². The Morgan fingerprint density at radius 3 is 1.90 bits per heavy atom. The maximum absolute atomic E-state index is 11.7. The lowest BCUT2D eigenvalue weighted by atomic mass is 10.1. The third-order valence-corrected chi connectivity index (χ3v) is 5.68. The fourth-order valence-corrected chi connectivity index (χ4v) is 3.64. The Bertz CT molecular complexity index is 390. The lowest BCUT2D eigenvalue weighted by molar-refractivity contribution is -0.143. The summed E-state index contributed by atoms with van der Waals surface area (Å²) in [6.07, 6.45) is 30.6. The molecule has 0 radical (unpaired) electrons. The molecular formula is C26H47BrO2. The van der Waals surface area contributed by atoms with Gasteiger partial charge in [-0.05, 0) is 51.4 Å². The fraction of sp³-hybridized carbons (Fsp3) is 0.808. The van der Waals surface area contributed by atoms with Crippen molar-refractivity contribution in [1.82, 2.24) is 0 Å². The van der Waals surface area contributed by atoms with Crippen LogP contribution in [0.5, 0.6) is 0 Å². The van der Waals surface area contributed by atoms with Crippen LogP contribution in [0.25, 0.3) is 0 Å². The highest BCUT2D eigenvalue weighted by Gasteiger charge is 2.02. The molecule has 29 heavy (non-hydrogen) atoms. The number of unbranched alkanes of at least 4 members (excludes halogenated alkanes) is 13. The minimum atomic E-state index is -0.00640. The van der Waals surface area contributed by atoms with Crippen LogP contribution in [-0.2, 0) is 9.53 Å². The molecule has 2 nitrogen and oxygen atoms in total. The van der Waals surface area contributed by atoms with E-state index < -0.39 is 0 Å². The summed E-state index contributed by atoms with van der Waals surface area (Å²) in [5, 5.41) is 1.09. The summed E-state index contributed by atoms with van der Waals surface area (Å²) in [4.78, 5) is 11.7. The molecule has 0 atom stereocenters. The van der Waals surface area contributed by atoms with Crippen molar-refractivity contribution < 1.29 is 9.53 Å². The first-order valence-electron chi connectivity index (χ1n) is 12.3. The highest BCUT2D eigenvalue weighted by Crippen LogP contribution is 2.10. The summed E-state index contributed by atoms with van der Waals surface area (Å²) >= 11 is 3.44. The molecule has 0 amide bonds. The zero-order valence-electron chi connectivity index (χ0n) is 19.1. The maximum Gasteiger partial charge on any atom is 0.305 e. The predicted molar refractivity (Wildman–Crippen MR) is 132 cm³/mol. The van der Waals surface area contributed by atoms with Crippen molar-refractivity contribution in [3.8, 4) is 0 Å². The van der Waals surface area contributed by atoms with Gasteiger partial charge in [0.05, 0.1) is 6.61 Å². The lowest BCUT2D eigenvalue weighted by Gasteiger charge is -2.05. The van der Waals surface area contributed by atoms with Crippen molar-refractivity contribution in [1.29, 1.82) is 0 Å². The van der Waals surface area contributed by atoms with Gasteiger partial charge in [-0.1, -0.05) is 105 Å². The molecule has 0 aliphatic rings. The Labute approximate surface area is 190 Å². The van der Waals surface area contributed by atoms with E-state index in [9.17, 15) is 4.79 Å². The van der Waals surface area contributed by atoms with Crippen molar-refractivity contribution in [2.24, 2.45) is 0 Å². The molecule has 0 rings (SSSR count). The van der Waals surface area contributed by atoms with E-state index in [2.05, 4.69) is 47.2 Å². The zero-order valence-corrected chi connectivity index (χ0v) is 20.7. The average molecular weight is 472 g/mol. The first-order chi connectivity index (χ1) is 14.3. The first-order valence-corrected chi connectivity index (χ1v) is 13.4. The van der Waals surface area contributed by atoms with Crippen molar-refractivity contribution in [2.75, 3.05) is 11.9 Å².